The molecule has 0 spiro atoms. The minimum Gasteiger partial charge on any atom is -0.478 e. The molecular formula is C27H21BrN2O4S. The average molecular weight is 549 g/mol. The van der Waals surface area contributed by atoms with Crippen LogP contribution in [0.1, 0.15) is 27.6 Å². The summed E-state index contributed by atoms with van der Waals surface area (Å²) in [6.45, 7) is 1.81. The Morgan fingerprint density at radius 1 is 0.829 bits per heavy atom. The van der Waals surface area contributed by atoms with E-state index in [4.69, 9.17) is 0 Å². The van der Waals surface area contributed by atoms with Crippen molar-refractivity contribution in [3.8, 4) is 0 Å². The van der Waals surface area contributed by atoms with Crippen LogP contribution in [0.25, 0.3) is 10.8 Å². The number of nitrogens with one attached hydrogen (secondary N) is 2. The number of fused-ring (bicyclic) bond motifs is 1. The molecule has 2 amide bonds. The highest BCUT2D eigenvalue weighted by atomic mass is 79.9. The lowest BCUT2D eigenvalue weighted by molar-refractivity contribution is -0.115. The Hall–Kier alpha value is -3.62. The number of aromatic carboxylic acids is 1. The summed E-state index contributed by atoms with van der Waals surface area (Å²) in [6, 6.07) is 24.6. The second-order valence-electron chi connectivity index (χ2n) is 7.75. The molecule has 4 aromatic rings. The molecule has 0 aliphatic heterocycles. The minimum absolute atomic E-state index is 0.0724. The molecule has 0 fully saturated rings. The van der Waals surface area contributed by atoms with Gasteiger partial charge in [0.2, 0.25) is 5.91 Å². The van der Waals surface area contributed by atoms with Gasteiger partial charge in [-0.3, -0.25) is 9.59 Å². The number of hydrogen-bond acceptors (Lipinski definition) is 4. The van der Waals surface area contributed by atoms with Crippen molar-refractivity contribution in [2.75, 3.05) is 10.6 Å². The Morgan fingerprint density at radius 2 is 1.49 bits per heavy atom. The lowest BCUT2D eigenvalue weighted by Gasteiger charge is -2.14. The van der Waals surface area contributed by atoms with Crippen molar-refractivity contribution in [2.24, 2.45) is 0 Å². The van der Waals surface area contributed by atoms with Gasteiger partial charge in [-0.15, -0.1) is 11.8 Å². The number of rotatable bonds is 7. The third kappa shape index (κ3) is 5.90. The number of carboxylic acid groups (broad SMARTS) is 1. The van der Waals surface area contributed by atoms with Gasteiger partial charge in [-0.25, -0.2) is 4.79 Å². The van der Waals surface area contributed by atoms with Gasteiger partial charge < -0.3 is 15.7 Å². The summed E-state index contributed by atoms with van der Waals surface area (Å²) in [5.41, 5.74) is 1.61. The SMILES string of the molecule is CC(Sc1cccc(NC(=O)c2cccc3cccc(C(=O)O)c23)c1)C(=O)Nc1ccc(Br)cc1. The minimum atomic E-state index is -1.09. The molecule has 0 aliphatic carbocycles. The number of carbonyl (C=O) groups excluding carboxylic acids is 2. The molecular weight excluding hydrogens is 528 g/mol. The van der Waals surface area contributed by atoms with E-state index in [-0.39, 0.29) is 22.3 Å². The molecule has 0 saturated carbocycles. The monoisotopic (exact) mass is 548 g/mol. The molecule has 8 heteroatoms. The van der Waals surface area contributed by atoms with Crippen LogP contribution in [-0.4, -0.2) is 28.1 Å². The van der Waals surface area contributed by atoms with Gasteiger partial charge in [0.05, 0.1) is 10.8 Å². The van der Waals surface area contributed by atoms with Crippen LogP contribution in [-0.2, 0) is 4.79 Å². The number of benzene rings is 4. The summed E-state index contributed by atoms with van der Waals surface area (Å²) in [5, 5.41) is 16.0. The number of halogens is 1. The summed E-state index contributed by atoms with van der Waals surface area (Å²) >= 11 is 4.74. The van der Waals surface area contributed by atoms with Crippen molar-refractivity contribution >= 4 is 67.6 Å². The molecule has 3 N–H and O–H groups in total. The number of anilines is 2. The van der Waals surface area contributed by atoms with E-state index in [2.05, 4.69) is 26.6 Å². The van der Waals surface area contributed by atoms with Crippen molar-refractivity contribution < 1.29 is 19.5 Å². The molecule has 176 valence electrons. The summed E-state index contributed by atoms with van der Waals surface area (Å²) in [6.07, 6.45) is 0. The lowest BCUT2D eigenvalue weighted by atomic mass is 9.98. The van der Waals surface area contributed by atoms with Crippen LogP contribution in [0.15, 0.2) is 94.3 Å². The van der Waals surface area contributed by atoms with Gasteiger partial charge in [0.1, 0.15) is 0 Å². The molecule has 35 heavy (non-hydrogen) atoms. The largest absolute Gasteiger partial charge is 0.478 e. The summed E-state index contributed by atoms with van der Waals surface area (Å²) in [7, 11) is 0. The molecule has 4 rings (SSSR count). The quantitative estimate of drug-likeness (QED) is 0.224. The van der Waals surface area contributed by atoms with Gasteiger partial charge in [-0.05, 0) is 66.9 Å². The fraction of sp³-hybridized carbons (Fsp3) is 0.0741. The summed E-state index contributed by atoms with van der Waals surface area (Å²) in [5.74, 6) is -1.64. The van der Waals surface area contributed by atoms with Crippen molar-refractivity contribution in [3.63, 3.8) is 0 Å². The van der Waals surface area contributed by atoms with Crippen LogP contribution >= 0.6 is 27.7 Å². The van der Waals surface area contributed by atoms with E-state index in [0.717, 1.165) is 9.37 Å². The maximum atomic E-state index is 13.1. The van der Waals surface area contributed by atoms with Crippen LogP contribution in [0, 0.1) is 0 Å². The molecule has 0 saturated heterocycles. The fourth-order valence-corrected chi connectivity index (χ4v) is 4.78. The smallest absolute Gasteiger partial charge is 0.336 e. The zero-order valence-electron chi connectivity index (χ0n) is 18.6. The lowest BCUT2D eigenvalue weighted by Crippen LogP contribution is -2.22. The standard InChI is InChI=1S/C27H21BrN2O4S/c1-16(25(31)29-19-13-11-18(28)12-14-19)35-21-8-4-7-20(15-21)30-26(32)22-9-2-5-17-6-3-10-23(24(17)22)27(33)34/h2-16H,1H3,(H,29,31)(H,30,32)(H,33,34). The fourth-order valence-electron chi connectivity index (χ4n) is 3.59. The summed E-state index contributed by atoms with van der Waals surface area (Å²) < 4.78 is 0.930. The number of thioether (sulfide) groups is 1. The van der Waals surface area contributed by atoms with Gasteiger partial charge in [-0.1, -0.05) is 46.3 Å². The van der Waals surface area contributed by atoms with Gasteiger partial charge >= 0.3 is 5.97 Å². The van der Waals surface area contributed by atoms with Crippen LogP contribution < -0.4 is 10.6 Å². The molecule has 1 unspecified atom stereocenters. The van der Waals surface area contributed by atoms with Gasteiger partial charge in [0.25, 0.3) is 5.91 Å². The maximum absolute atomic E-state index is 13.1. The molecule has 0 bridgehead atoms. The van der Waals surface area contributed by atoms with E-state index >= 15 is 0 Å². The van der Waals surface area contributed by atoms with Crippen molar-refractivity contribution in [2.45, 2.75) is 17.1 Å². The Balaban J connectivity index is 1.49. The van der Waals surface area contributed by atoms with Gasteiger partial charge in [0.15, 0.2) is 0 Å². The van der Waals surface area contributed by atoms with E-state index in [1.54, 1.807) is 48.5 Å². The second kappa shape index (κ2) is 10.8. The molecule has 0 radical (unpaired) electrons. The zero-order valence-corrected chi connectivity index (χ0v) is 21.0. The van der Waals surface area contributed by atoms with E-state index in [9.17, 15) is 19.5 Å². The van der Waals surface area contributed by atoms with Gasteiger partial charge in [0, 0.05) is 31.7 Å². The zero-order chi connectivity index (χ0) is 24.9. The predicted octanol–water partition coefficient (Wildman–Crippen LogP) is 6.67. The van der Waals surface area contributed by atoms with E-state index in [1.807, 2.05) is 37.3 Å². The Labute approximate surface area is 214 Å². The van der Waals surface area contributed by atoms with E-state index < -0.39 is 11.9 Å². The number of carbonyl (C=O) groups is 3. The summed E-state index contributed by atoms with van der Waals surface area (Å²) in [4.78, 5) is 38.2. The van der Waals surface area contributed by atoms with Crippen LogP contribution in [0.2, 0.25) is 0 Å². The van der Waals surface area contributed by atoms with Crippen LogP contribution in [0.4, 0.5) is 11.4 Å². The van der Waals surface area contributed by atoms with Crippen LogP contribution in [0.5, 0.6) is 0 Å². The third-order valence-electron chi connectivity index (χ3n) is 5.27. The molecule has 1 atom stereocenters. The van der Waals surface area contributed by atoms with Crippen molar-refractivity contribution in [3.05, 3.63) is 101 Å². The molecule has 0 aromatic heterocycles. The first kappa shape index (κ1) is 24.5. The first-order valence-corrected chi connectivity index (χ1v) is 12.4. The second-order valence-corrected chi connectivity index (χ2v) is 10.1. The van der Waals surface area contributed by atoms with E-state index in [1.165, 1.54) is 17.8 Å². The highest BCUT2D eigenvalue weighted by molar-refractivity contribution is 9.10. The van der Waals surface area contributed by atoms with Gasteiger partial charge in [-0.2, -0.15) is 0 Å². The Bertz CT molecular complexity index is 1420. The molecule has 0 heterocycles. The maximum Gasteiger partial charge on any atom is 0.336 e. The van der Waals surface area contributed by atoms with Crippen molar-refractivity contribution in [1.82, 2.24) is 0 Å². The molecule has 0 aliphatic rings. The normalized spacial score (nSPS) is 11.6. The predicted molar refractivity (Wildman–Crippen MR) is 143 cm³/mol. The first-order chi connectivity index (χ1) is 16.8. The average Bonchev–Trinajstić information content (AvgIpc) is 2.84. The topological polar surface area (TPSA) is 95.5 Å². The third-order valence-corrected chi connectivity index (χ3v) is 6.89. The molecule has 6 nitrogen and oxygen atoms in total. The first-order valence-electron chi connectivity index (χ1n) is 10.7. The number of amides is 2. The van der Waals surface area contributed by atoms with E-state index in [0.29, 0.717) is 22.1 Å². The Kier molecular flexibility index (Phi) is 7.53. The van der Waals surface area contributed by atoms with Crippen molar-refractivity contribution in [1.29, 1.82) is 0 Å². The Morgan fingerprint density at radius 3 is 2.17 bits per heavy atom. The number of carboxylic acids is 1. The highest BCUT2D eigenvalue weighted by Gasteiger charge is 2.18. The number of hydrogen-bond donors (Lipinski definition) is 3. The molecule has 4 aromatic carbocycles. The van der Waals surface area contributed by atoms with Crippen LogP contribution in [0.3, 0.4) is 0 Å². The highest BCUT2D eigenvalue weighted by Crippen LogP contribution is 2.28.